The lowest BCUT2D eigenvalue weighted by molar-refractivity contribution is 0.484. The first-order valence-electron chi connectivity index (χ1n) is 7.66. The molecule has 0 amide bonds. The van der Waals surface area contributed by atoms with E-state index in [0.29, 0.717) is 11.3 Å². The van der Waals surface area contributed by atoms with Crippen molar-refractivity contribution in [3.8, 4) is 22.5 Å². The van der Waals surface area contributed by atoms with Crippen LogP contribution in [0.25, 0.3) is 22.5 Å². The molecule has 0 saturated heterocycles. The van der Waals surface area contributed by atoms with E-state index in [-0.39, 0.29) is 5.63 Å². The van der Waals surface area contributed by atoms with Gasteiger partial charge < -0.3 is 13.7 Å². The van der Waals surface area contributed by atoms with Gasteiger partial charge in [-0.2, -0.15) is 0 Å². The van der Waals surface area contributed by atoms with Crippen LogP contribution in [0.4, 0.5) is 5.69 Å². The Morgan fingerprint density at radius 3 is 2.57 bits per heavy atom. The maximum absolute atomic E-state index is 12.7. The average molecular weight is 307 g/mol. The van der Waals surface area contributed by atoms with Crippen LogP contribution in [0, 0.1) is 0 Å². The molecule has 0 saturated carbocycles. The van der Waals surface area contributed by atoms with Gasteiger partial charge in [-0.1, -0.05) is 30.3 Å². The van der Waals surface area contributed by atoms with Crippen LogP contribution < -0.4 is 10.5 Å². The highest BCUT2D eigenvalue weighted by Crippen LogP contribution is 2.41. The summed E-state index contributed by atoms with van der Waals surface area (Å²) in [5.74, 6) is 1.53. The molecule has 0 aliphatic heterocycles. The smallest absolute Gasteiger partial charge is 0.346 e. The van der Waals surface area contributed by atoms with Gasteiger partial charge in [0.25, 0.3) is 0 Å². The standard InChI is InChI=1S/C19H17NO3/c1-20(2)17-14-8-9-15-13(10-11-22-15)18(14)23-19(21)16(17)12-6-4-3-5-7-12/h3-7,10-11H,8-9H2,1-2H3. The average Bonchev–Trinajstić information content (AvgIpc) is 3.03. The number of anilines is 1. The summed E-state index contributed by atoms with van der Waals surface area (Å²) in [6.45, 7) is 0. The molecule has 0 bridgehead atoms. The fourth-order valence-corrected chi connectivity index (χ4v) is 3.34. The zero-order valence-electron chi connectivity index (χ0n) is 13.1. The Morgan fingerprint density at radius 1 is 1.04 bits per heavy atom. The minimum absolute atomic E-state index is 0.312. The number of rotatable bonds is 2. The molecule has 0 spiro atoms. The van der Waals surface area contributed by atoms with Crippen molar-refractivity contribution >= 4 is 5.69 Å². The molecule has 0 unspecified atom stereocenters. The van der Waals surface area contributed by atoms with Gasteiger partial charge in [0.2, 0.25) is 0 Å². The molecule has 1 aliphatic carbocycles. The molecular formula is C19H17NO3. The Labute approximate surface area is 134 Å². The summed E-state index contributed by atoms with van der Waals surface area (Å²) >= 11 is 0. The first kappa shape index (κ1) is 13.9. The van der Waals surface area contributed by atoms with Gasteiger partial charge in [0, 0.05) is 26.1 Å². The molecule has 0 atom stereocenters. The van der Waals surface area contributed by atoms with Gasteiger partial charge in [-0.25, -0.2) is 4.79 Å². The molecule has 0 N–H and O–H groups in total. The van der Waals surface area contributed by atoms with Gasteiger partial charge in [-0.15, -0.1) is 0 Å². The van der Waals surface area contributed by atoms with E-state index in [0.717, 1.165) is 41.0 Å². The normalized spacial score (nSPS) is 12.6. The molecule has 1 aromatic carbocycles. The Balaban J connectivity index is 2.06. The maximum atomic E-state index is 12.7. The van der Waals surface area contributed by atoms with Crippen molar-refractivity contribution in [3.63, 3.8) is 0 Å². The van der Waals surface area contributed by atoms with Gasteiger partial charge in [-0.3, -0.25) is 0 Å². The number of fused-ring (bicyclic) bond motifs is 3. The van der Waals surface area contributed by atoms with Crippen molar-refractivity contribution in [2.24, 2.45) is 0 Å². The summed E-state index contributed by atoms with van der Waals surface area (Å²) < 4.78 is 11.2. The van der Waals surface area contributed by atoms with Crippen molar-refractivity contribution in [1.82, 2.24) is 0 Å². The zero-order chi connectivity index (χ0) is 16.0. The van der Waals surface area contributed by atoms with Gasteiger partial charge in [0.05, 0.1) is 23.1 Å². The van der Waals surface area contributed by atoms with Crippen LogP contribution in [-0.2, 0) is 12.8 Å². The highest BCUT2D eigenvalue weighted by molar-refractivity contribution is 5.84. The fraction of sp³-hybridized carbons (Fsp3) is 0.211. The molecule has 3 aromatic rings. The van der Waals surface area contributed by atoms with Gasteiger partial charge in [0.1, 0.15) is 11.5 Å². The van der Waals surface area contributed by atoms with Gasteiger partial charge >= 0.3 is 5.63 Å². The van der Waals surface area contributed by atoms with Crippen molar-refractivity contribution < 1.29 is 8.83 Å². The molecule has 116 valence electrons. The minimum atomic E-state index is -0.312. The number of hydrogen-bond donors (Lipinski definition) is 0. The second-order valence-corrected chi connectivity index (χ2v) is 5.94. The number of hydrogen-bond acceptors (Lipinski definition) is 4. The molecule has 2 heterocycles. The number of furan rings is 1. The third-order valence-electron chi connectivity index (χ3n) is 4.30. The SMILES string of the molecule is CN(C)c1c2c(oc(=O)c1-c1ccccc1)-c1ccoc1CC2. The van der Waals surface area contributed by atoms with E-state index in [4.69, 9.17) is 8.83 Å². The molecule has 4 rings (SSSR count). The fourth-order valence-electron chi connectivity index (χ4n) is 3.34. The van der Waals surface area contributed by atoms with Crippen LogP contribution >= 0.6 is 0 Å². The van der Waals surface area contributed by atoms with Crippen LogP contribution in [-0.4, -0.2) is 14.1 Å². The first-order chi connectivity index (χ1) is 11.2. The van der Waals surface area contributed by atoms with Gasteiger partial charge in [-0.05, 0) is 18.1 Å². The second-order valence-electron chi connectivity index (χ2n) is 5.94. The number of aryl methyl sites for hydroxylation is 1. The lowest BCUT2D eigenvalue weighted by Gasteiger charge is -2.24. The Morgan fingerprint density at radius 2 is 1.83 bits per heavy atom. The van der Waals surface area contributed by atoms with E-state index in [1.165, 1.54) is 0 Å². The summed E-state index contributed by atoms with van der Waals surface area (Å²) in [6, 6.07) is 11.6. The summed E-state index contributed by atoms with van der Waals surface area (Å²) in [5, 5.41) is 0. The molecule has 0 radical (unpaired) electrons. The van der Waals surface area contributed by atoms with Crippen LogP contribution in [0.2, 0.25) is 0 Å². The lowest BCUT2D eigenvalue weighted by Crippen LogP contribution is -2.20. The van der Waals surface area contributed by atoms with Crippen molar-refractivity contribution in [2.45, 2.75) is 12.8 Å². The predicted octanol–water partition coefficient (Wildman–Crippen LogP) is 3.73. The summed E-state index contributed by atoms with van der Waals surface area (Å²) in [7, 11) is 3.93. The van der Waals surface area contributed by atoms with Crippen LogP contribution in [0.3, 0.4) is 0 Å². The van der Waals surface area contributed by atoms with E-state index in [1.54, 1.807) is 6.26 Å². The lowest BCUT2D eigenvalue weighted by atomic mass is 9.91. The van der Waals surface area contributed by atoms with Crippen LogP contribution in [0.15, 0.2) is 56.3 Å². The zero-order valence-corrected chi connectivity index (χ0v) is 13.1. The summed E-state index contributed by atoms with van der Waals surface area (Å²) in [6.07, 6.45) is 3.27. The predicted molar refractivity (Wildman–Crippen MR) is 89.9 cm³/mol. The molecule has 2 aromatic heterocycles. The van der Waals surface area contributed by atoms with E-state index < -0.39 is 0 Å². The number of nitrogens with zero attached hydrogens (tertiary/aromatic N) is 1. The second kappa shape index (κ2) is 5.16. The molecule has 4 heteroatoms. The Kier molecular flexibility index (Phi) is 3.11. The maximum Gasteiger partial charge on any atom is 0.346 e. The van der Waals surface area contributed by atoms with Crippen LogP contribution in [0.1, 0.15) is 11.3 Å². The largest absolute Gasteiger partial charge is 0.469 e. The van der Waals surface area contributed by atoms with E-state index in [2.05, 4.69) is 0 Å². The first-order valence-corrected chi connectivity index (χ1v) is 7.66. The monoisotopic (exact) mass is 307 g/mol. The summed E-state index contributed by atoms with van der Waals surface area (Å²) in [5.41, 5.74) is 4.10. The molecule has 1 aliphatic rings. The van der Waals surface area contributed by atoms with Crippen LogP contribution in [0.5, 0.6) is 0 Å². The van der Waals surface area contributed by atoms with E-state index in [9.17, 15) is 4.79 Å². The Bertz CT molecular complexity index is 920. The number of benzene rings is 1. The molecule has 4 nitrogen and oxygen atoms in total. The quantitative estimate of drug-likeness (QED) is 0.723. The molecular weight excluding hydrogens is 290 g/mol. The molecule has 0 fully saturated rings. The molecule has 23 heavy (non-hydrogen) atoms. The third-order valence-corrected chi connectivity index (χ3v) is 4.30. The van der Waals surface area contributed by atoms with E-state index in [1.807, 2.05) is 55.4 Å². The highest BCUT2D eigenvalue weighted by atomic mass is 16.4. The van der Waals surface area contributed by atoms with Crippen molar-refractivity contribution in [1.29, 1.82) is 0 Å². The highest BCUT2D eigenvalue weighted by Gasteiger charge is 2.28. The topological polar surface area (TPSA) is 46.6 Å². The van der Waals surface area contributed by atoms with E-state index >= 15 is 0 Å². The third kappa shape index (κ3) is 2.10. The Hall–Kier alpha value is -2.75. The summed E-state index contributed by atoms with van der Waals surface area (Å²) in [4.78, 5) is 14.7. The minimum Gasteiger partial charge on any atom is -0.469 e. The van der Waals surface area contributed by atoms with Crippen molar-refractivity contribution in [3.05, 3.63) is 64.4 Å². The van der Waals surface area contributed by atoms with Crippen molar-refractivity contribution in [2.75, 3.05) is 19.0 Å². The van der Waals surface area contributed by atoms with Gasteiger partial charge in [0.15, 0.2) is 0 Å².